The molecule has 0 atom stereocenters. The van der Waals surface area contributed by atoms with E-state index in [1.165, 1.54) is 24.6 Å². The Balaban J connectivity index is 1.74. The maximum Gasteiger partial charge on any atom is 0.230 e. The molecule has 1 aliphatic carbocycles. The van der Waals surface area contributed by atoms with Gasteiger partial charge in [-0.3, -0.25) is 9.36 Å². The number of benzene rings is 1. The number of aromatic nitrogens is 3. The van der Waals surface area contributed by atoms with Crippen LogP contribution in [0.15, 0.2) is 42.1 Å². The van der Waals surface area contributed by atoms with E-state index in [9.17, 15) is 4.79 Å². The van der Waals surface area contributed by atoms with Crippen molar-refractivity contribution in [3.63, 3.8) is 0 Å². The molecular formula is C19H24N4O2S. The number of rotatable bonds is 8. The third-order valence-corrected chi connectivity index (χ3v) is 5.40. The normalized spacial score (nSPS) is 14.3. The fourth-order valence-electron chi connectivity index (χ4n) is 3.19. The third kappa shape index (κ3) is 4.27. The molecule has 138 valence electrons. The minimum Gasteiger partial charge on any atom is -0.496 e. The highest BCUT2D eigenvalue weighted by Crippen LogP contribution is 2.30. The predicted molar refractivity (Wildman–Crippen MR) is 103 cm³/mol. The molecule has 0 spiro atoms. The van der Waals surface area contributed by atoms with Gasteiger partial charge in [-0.1, -0.05) is 42.8 Å². The van der Waals surface area contributed by atoms with Gasteiger partial charge in [-0.05, 0) is 25.0 Å². The molecule has 2 aromatic rings. The summed E-state index contributed by atoms with van der Waals surface area (Å²) in [6.07, 6.45) is 6.37. The van der Waals surface area contributed by atoms with Crippen LogP contribution in [0.5, 0.6) is 5.75 Å². The molecule has 1 saturated carbocycles. The van der Waals surface area contributed by atoms with E-state index in [4.69, 9.17) is 4.74 Å². The van der Waals surface area contributed by atoms with Crippen LogP contribution in [-0.4, -0.2) is 39.6 Å². The van der Waals surface area contributed by atoms with E-state index in [0.29, 0.717) is 29.3 Å². The van der Waals surface area contributed by atoms with E-state index < -0.39 is 0 Å². The molecule has 1 fully saturated rings. The number of hydrogen-bond donors (Lipinski definition) is 1. The van der Waals surface area contributed by atoms with Crippen LogP contribution >= 0.6 is 11.8 Å². The zero-order valence-corrected chi connectivity index (χ0v) is 15.8. The van der Waals surface area contributed by atoms with E-state index in [0.717, 1.165) is 24.2 Å². The van der Waals surface area contributed by atoms with E-state index in [2.05, 4.69) is 22.1 Å². The summed E-state index contributed by atoms with van der Waals surface area (Å²) in [6, 6.07) is 8.03. The molecule has 1 aromatic carbocycles. The largest absolute Gasteiger partial charge is 0.496 e. The van der Waals surface area contributed by atoms with Crippen LogP contribution in [-0.2, 0) is 11.3 Å². The number of hydrogen-bond acceptors (Lipinski definition) is 5. The number of ether oxygens (including phenoxy) is 1. The second kappa shape index (κ2) is 8.89. The molecule has 1 heterocycles. The average molecular weight is 372 g/mol. The molecule has 1 aliphatic rings. The van der Waals surface area contributed by atoms with Crippen molar-refractivity contribution in [1.29, 1.82) is 0 Å². The first-order valence-corrected chi connectivity index (χ1v) is 9.81. The predicted octanol–water partition coefficient (Wildman–Crippen LogP) is 3.29. The molecule has 0 unspecified atom stereocenters. The number of carbonyl (C=O) groups excluding carboxylic acids is 1. The molecule has 3 rings (SSSR count). The Morgan fingerprint density at radius 2 is 2.15 bits per heavy atom. The third-order valence-electron chi connectivity index (χ3n) is 4.43. The fourth-order valence-corrected chi connectivity index (χ4v) is 3.95. The quantitative estimate of drug-likeness (QED) is 0.569. The standard InChI is InChI=1S/C19H24N4O2S/c1-3-12-23-18(15-10-6-7-11-16(15)25-2)21-22-19(23)26-13-17(24)20-14-8-4-5-9-14/h3,6-7,10-11,14H,1,4-5,8-9,12-13H2,2H3,(H,20,24). The number of thioether (sulfide) groups is 1. The van der Waals surface area contributed by atoms with Gasteiger partial charge in [0.25, 0.3) is 0 Å². The van der Waals surface area contributed by atoms with Gasteiger partial charge in [0, 0.05) is 12.6 Å². The van der Waals surface area contributed by atoms with Crippen LogP contribution in [0.2, 0.25) is 0 Å². The van der Waals surface area contributed by atoms with E-state index in [1.54, 1.807) is 13.2 Å². The summed E-state index contributed by atoms with van der Waals surface area (Å²) in [5.74, 6) is 1.83. The van der Waals surface area contributed by atoms with Gasteiger partial charge in [-0.25, -0.2) is 0 Å². The minimum atomic E-state index is 0.0499. The highest BCUT2D eigenvalue weighted by Gasteiger charge is 2.20. The van der Waals surface area contributed by atoms with Crippen molar-refractivity contribution < 1.29 is 9.53 Å². The maximum atomic E-state index is 12.2. The highest BCUT2D eigenvalue weighted by atomic mass is 32.2. The van der Waals surface area contributed by atoms with Gasteiger partial charge in [0.15, 0.2) is 11.0 Å². The van der Waals surface area contributed by atoms with Crippen LogP contribution in [0.25, 0.3) is 11.4 Å². The summed E-state index contributed by atoms with van der Waals surface area (Å²) < 4.78 is 7.39. The Labute approximate surface area is 158 Å². The van der Waals surface area contributed by atoms with E-state index >= 15 is 0 Å². The summed E-state index contributed by atoms with van der Waals surface area (Å²) in [5.41, 5.74) is 0.867. The first-order valence-electron chi connectivity index (χ1n) is 8.82. The topological polar surface area (TPSA) is 69.0 Å². The van der Waals surface area contributed by atoms with Crippen molar-refractivity contribution >= 4 is 17.7 Å². The zero-order chi connectivity index (χ0) is 18.4. The molecule has 1 aromatic heterocycles. The average Bonchev–Trinajstić information content (AvgIpc) is 3.30. The lowest BCUT2D eigenvalue weighted by atomic mass is 10.2. The number of carbonyl (C=O) groups is 1. The Kier molecular flexibility index (Phi) is 6.33. The molecule has 1 N–H and O–H groups in total. The van der Waals surface area contributed by atoms with E-state index in [-0.39, 0.29) is 5.91 Å². The molecular weight excluding hydrogens is 348 g/mol. The molecule has 0 saturated heterocycles. The van der Waals surface area contributed by atoms with Gasteiger partial charge < -0.3 is 10.1 Å². The smallest absolute Gasteiger partial charge is 0.230 e. The minimum absolute atomic E-state index is 0.0499. The number of allylic oxidation sites excluding steroid dienone is 1. The van der Waals surface area contributed by atoms with Crippen molar-refractivity contribution in [2.24, 2.45) is 0 Å². The van der Waals surface area contributed by atoms with Gasteiger partial charge in [0.1, 0.15) is 5.75 Å². The molecule has 0 aliphatic heterocycles. The molecule has 7 heteroatoms. The van der Waals surface area contributed by atoms with Crippen LogP contribution in [0.4, 0.5) is 0 Å². The summed E-state index contributed by atoms with van der Waals surface area (Å²) >= 11 is 1.40. The molecule has 1 amide bonds. The molecule has 6 nitrogen and oxygen atoms in total. The van der Waals surface area contributed by atoms with E-state index in [1.807, 2.05) is 28.8 Å². The van der Waals surface area contributed by atoms with Crippen LogP contribution in [0.1, 0.15) is 25.7 Å². The number of nitrogens with one attached hydrogen (secondary N) is 1. The fraction of sp³-hybridized carbons (Fsp3) is 0.421. The lowest BCUT2D eigenvalue weighted by Crippen LogP contribution is -2.33. The summed E-state index contributed by atoms with van der Waals surface area (Å²) in [4.78, 5) is 12.2. The Hall–Kier alpha value is -2.28. The van der Waals surface area contributed by atoms with Crippen LogP contribution in [0.3, 0.4) is 0 Å². The first kappa shape index (κ1) is 18.5. The van der Waals surface area contributed by atoms with Crippen molar-refractivity contribution in [2.75, 3.05) is 12.9 Å². The van der Waals surface area contributed by atoms with Crippen LogP contribution in [0, 0.1) is 0 Å². The number of amides is 1. The monoisotopic (exact) mass is 372 g/mol. The first-order chi connectivity index (χ1) is 12.7. The number of nitrogens with zero attached hydrogens (tertiary/aromatic N) is 3. The van der Waals surface area contributed by atoms with Gasteiger partial charge in [0.2, 0.25) is 5.91 Å². The SMILES string of the molecule is C=CCn1c(SCC(=O)NC2CCCC2)nnc1-c1ccccc1OC. The zero-order valence-electron chi connectivity index (χ0n) is 15.0. The number of methoxy groups -OCH3 is 1. The molecule has 26 heavy (non-hydrogen) atoms. The van der Waals surface area contributed by atoms with Crippen molar-refractivity contribution in [3.8, 4) is 17.1 Å². The molecule has 0 radical (unpaired) electrons. The van der Waals surface area contributed by atoms with Crippen molar-refractivity contribution in [1.82, 2.24) is 20.1 Å². The Morgan fingerprint density at radius 1 is 1.38 bits per heavy atom. The summed E-state index contributed by atoms with van der Waals surface area (Å²) in [7, 11) is 1.63. The lowest BCUT2D eigenvalue weighted by Gasteiger charge is -2.12. The second-order valence-corrected chi connectivity index (χ2v) is 7.19. The second-order valence-electron chi connectivity index (χ2n) is 6.24. The van der Waals surface area contributed by atoms with Gasteiger partial charge >= 0.3 is 0 Å². The van der Waals surface area contributed by atoms with Gasteiger partial charge in [-0.15, -0.1) is 16.8 Å². The highest BCUT2D eigenvalue weighted by molar-refractivity contribution is 7.99. The maximum absolute atomic E-state index is 12.2. The molecule has 0 bridgehead atoms. The van der Waals surface area contributed by atoms with Crippen molar-refractivity contribution in [3.05, 3.63) is 36.9 Å². The Bertz CT molecular complexity index is 769. The number of para-hydroxylation sites is 1. The van der Waals surface area contributed by atoms with Crippen LogP contribution < -0.4 is 10.1 Å². The lowest BCUT2D eigenvalue weighted by molar-refractivity contribution is -0.119. The van der Waals surface area contributed by atoms with Crippen molar-refractivity contribution in [2.45, 2.75) is 43.4 Å². The summed E-state index contributed by atoms with van der Waals surface area (Å²) in [6.45, 7) is 4.38. The summed E-state index contributed by atoms with van der Waals surface area (Å²) in [5, 5.41) is 12.4. The van der Waals surface area contributed by atoms with Gasteiger partial charge in [0.05, 0.1) is 18.4 Å². The van der Waals surface area contributed by atoms with Gasteiger partial charge in [-0.2, -0.15) is 0 Å². The Morgan fingerprint density at radius 3 is 2.88 bits per heavy atom.